The molecule has 0 aromatic heterocycles. The molecule has 6 heteroatoms. The average molecular weight is 434 g/mol. The molecule has 132 valence electrons. The largest absolute Gasteiger partial charge is 0.383 e. The van der Waals surface area contributed by atoms with Gasteiger partial charge in [-0.15, -0.1) is 24.0 Å². The maximum absolute atomic E-state index is 5.12. The number of rotatable bonds is 8. The Morgan fingerprint density at radius 1 is 1.39 bits per heavy atom. The molecule has 1 rings (SSSR count). The molecule has 0 saturated carbocycles. The molecule has 0 aliphatic carbocycles. The molecule has 1 aromatic rings. The van der Waals surface area contributed by atoms with E-state index in [0.29, 0.717) is 6.61 Å². The number of hydrogen-bond acceptors (Lipinski definition) is 3. The topological polar surface area (TPSA) is 48.9 Å². The molecule has 1 aromatic carbocycles. The van der Waals surface area contributed by atoms with Gasteiger partial charge in [0.25, 0.3) is 0 Å². The summed E-state index contributed by atoms with van der Waals surface area (Å²) in [4.78, 5) is 6.59. The van der Waals surface area contributed by atoms with Gasteiger partial charge in [-0.05, 0) is 38.5 Å². The molecule has 5 nitrogen and oxygen atoms in total. The van der Waals surface area contributed by atoms with Crippen LogP contribution in [0, 0.1) is 6.92 Å². The van der Waals surface area contributed by atoms with E-state index in [1.54, 1.807) is 14.2 Å². The van der Waals surface area contributed by atoms with Crippen LogP contribution in [0.15, 0.2) is 29.3 Å². The van der Waals surface area contributed by atoms with E-state index in [0.717, 1.165) is 25.6 Å². The van der Waals surface area contributed by atoms with Crippen LogP contribution in [-0.2, 0) is 4.74 Å². The molecular weight excluding hydrogens is 403 g/mol. The normalized spacial score (nSPS) is 12.3. The lowest BCUT2D eigenvalue weighted by Gasteiger charge is -2.24. The minimum absolute atomic E-state index is 0. The molecule has 2 N–H and O–H groups in total. The van der Waals surface area contributed by atoms with Gasteiger partial charge in [-0.2, -0.15) is 0 Å². The van der Waals surface area contributed by atoms with Crippen LogP contribution in [0.25, 0.3) is 0 Å². The number of guanidine groups is 1. The molecule has 0 bridgehead atoms. The van der Waals surface area contributed by atoms with Gasteiger partial charge in [0.1, 0.15) is 0 Å². The maximum atomic E-state index is 5.12. The van der Waals surface area contributed by atoms with Crippen molar-refractivity contribution in [1.29, 1.82) is 0 Å². The third kappa shape index (κ3) is 8.41. The summed E-state index contributed by atoms with van der Waals surface area (Å²) in [7, 11) is 3.49. The number of methoxy groups -OCH3 is 1. The first-order valence-corrected chi connectivity index (χ1v) is 7.88. The van der Waals surface area contributed by atoms with Crippen LogP contribution in [0.2, 0.25) is 0 Å². The van der Waals surface area contributed by atoms with Gasteiger partial charge in [0.2, 0.25) is 0 Å². The van der Waals surface area contributed by atoms with E-state index in [2.05, 4.69) is 65.6 Å². The number of aliphatic imine (C=N–C) groups is 1. The number of ether oxygens (including phenoxy) is 1. The summed E-state index contributed by atoms with van der Waals surface area (Å²) in [6.45, 7) is 9.78. The molecule has 1 atom stereocenters. The fourth-order valence-electron chi connectivity index (χ4n) is 2.32. The summed E-state index contributed by atoms with van der Waals surface area (Å²) in [5.74, 6) is 0.810. The van der Waals surface area contributed by atoms with E-state index in [9.17, 15) is 0 Å². The molecule has 0 radical (unpaired) electrons. The molecule has 0 heterocycles. The molecular formula is C17H31IN4O. The third-order valence-corrected chi connectivity index (χ3v) is 3.45. The number of aryl methyl sites for hydroxylation is 1. The van der Waals surface area contributed by atoms with Crippen molar-refractivity contribution in [3.8, 4) is 0 Å². The van der Waals surface area contributed by atoms with E-state index in [4.69, 9.17) is 4.74 Å². The average Bonchev–Trinajstić information content (AvgIpc) is 2.50. The quantitative estimate of drug-likeness (QED) is 0.375. The zero-order chi connectivity index (χ0) is 16.4. The number of halogens is 1. The highest BCUT2D eigenvalue weighted by Crippen LogP contribution is 2.14. The van der Waals surface area contributed by atoms with Crippen molar-refractivity contribution in [2.24, 2.45) is 4.99 Å². The number of nitrogens with one attached hydrogen (secondary N) is 2. The van der Waals surface area contributed by atoms with E-state index in [-0.39, 0.29) is 30.0 Å². The fourth-order valence-corrected chi connectivity index (χ4v) is 2.32. The van der Waals surface area contributed by atoms with Gasteiger partial charge in [-0.3, -0.25) is 4.99 Å². The van der Waals surface area contributed by atoms with Crippen LogP contribution < -0.4 is 15.5 Å². The fraction of sp³-hybridized carbons (Fsp3) is 0.588. The van der Waals surface area contributed by atoms with Gasteiger partial charge in [0.15, 0.2) is 5.96 Å². The Labute approximate surface area is 157 Å². The van der Waals surface area contributed by atoms with Gasteiger partial charge in [0.05, 0.1) is 6.61 Å². The van der Waals surface area contributed by atoms with Gasteiger partial charge in [-0.1, -0.05) is 12.1 Å². The molecule has 0 aliphatic rings. The second-order valence-corrected chi connectivity index (χ2v) is 5.42. The van der Waals surface area contributed by atoms with Crippen LogP contribution >= 0.6 is 24.0 Å². The molecule has 1 unspecified atom stereocenters. The Bertz CT molecular complexity index is 468. The minimum atomic E-state index is 0. The van der Waals surface area contributed by atoms with Crippen molar-refractivity contribution in [1.82, 2.24) is 10.6 Å². The Hall–Kier alpha value is -1.02. The van der Waals surface area contributed by atoms with Crippen molar-refractivity contribution in [3.05, 3.63) is 29.8 Å². The highest BCUT2D eigenvalue weighted by Gasteiger charge is 2.07. The number of anilines is 1. The predicted octanol–water partition coefficient (Wildman–Crippen LogP) is 2.64. The summed E-state index contributed by atoms with van der Waals surface area (Å²) in [6, 6.07) is 8.84. The molecule has 0 saturated heterocycles. The van der Waals surface area contributed by atoms with E-state index in [1.165, 1.54) is 11.3 Å². The standard InChI is InChI=1S/C17H30N4O.HI/c1-6-21(16-9-7-8-14(2)12-16)11-10-19-17(18-4)20-15(3)13-22-5;/h7-9,12,15H,6,10-11,13H2,1-5H3,(H2,18,19,20);1H. The molecule has 0 spiro atoms. The molecule has 23 heavy (non-hydrogen) atoms. The monoisotopic (exact) mass is 434 g/mol. The van der Waals surface area contributed by atoms with Gasteiger partial charge >= 0.3 is 0 Å². The number of benzene rings is 1. The van der Waals surface area contributed by atoms with Crippen LogP contribution in [0.3, 0.4) is 0 Å². The number of nitrogens with zero attached hydrogens (tertiary/aromatic N) is 2. The molecule has 0 aliphatic heterocycles. The van der Waals surface area contributed by atoms with Crippen LogP contribution in [0.1, 0.15) is 19.4 Å². The van der Waals surface area contributed by atoms with E-state index in [1.807, 2.05) is 0 Å². The van der Waals surface area contributed by atoms with Crippen LogP contribution in [-0.4, -0.2) is 52.4 Å². The van der Waals surface area contributed by atoms with Crippen molar-refractivity contribution in [3.63, 3.8) is 0 Å². The summed E-state index contributed by atoms with van der Waals surface area (Å²) >= 11 is 0. The summed E-state index contributed by atoms with van der Waals surface area (Å²) in [6.07, 6.45) is 0. The second-order valence-electron chi connectivity index (χ2n) is 5.42. The van der Waals surface area contributed by atoms with Crippen molar-refractivity contribution in [2.45, 2.75) is 26.8 Å². The van der Waals surface area contributed by atoms with Crippen molar-refractivity contribution in [2.75, 3.05) is 45.3 Å². The second kappa shape index (κ2) is 12.4. The molecule has 0 fully saturated rings. The zero-order valence-corrected chi connectivity index (χ0v) is 17.3. The Morgan fingerprint density at radius 2 is 2.13 bits per heavy atom. The lowest BCUT2D eigenvalue weighted by atomic mass is 10.2. The maximum Gasteiger partial charge on any atom is 0.191 e. The Kier molecular flexibility index (Phi) is 11.9. The van der Waals surface area contributed by atoms with Crippen molar-refractivity contribution < 1.29 is 4.74 Å². The first-order chi connectivity index (χ1) is 10.6. The van der Waals surface area contributed by atoms with Crippen molar-refractivity contribution >= 4 is 35.6 Å². The summed E-state index contributed by atoms with van der Waals surface area (Å²) in [5.41, 5.74) is 2.55. The van der Waals surface area contributed by atoms with E-state index >= 15 is 0 Å². The smallest absolute Gasteiger partial charge is 0.191 e. The lowest BCUT2D eigenvalue weighted by Crippen LogP contribution is -2.46. The zero-order valence-electron chi connectivity index (χ0n) is 14.9. The van der Waals surface area contributed by atoms with E-state index < -0.39 is 0 Å². The van der Waals surface area contributed by atoms with Gasteiger partial charge < -0.3 is 20.3 Å². The first kappa shape index (κ1) is 22.0. The number of likely N-dealkylation sites (N-methyl/N-ethyl adjacent to an activating group) is 1. The predicted molar refractivity (Wildman–Crippen MR) is 110 cm³/mol. The van der Waals surface area contributed by atoms with Crippen LogP contribution in [0.4, 0.5) is 5.69 Å². The Morgan fingerprint density at radius 3 is 2.70 bits per heavy atom. The summed E-state index contributed by atoms with van der Waals surface area (Å²) < 4.78 is 5.12. The first-order valence-electron chi connectivity index (χ1n) is 7.88. The SMILES string of the molecule is CCN(CCNC(=NC)NC(C)COC)c1cccc(C)c1.I. The highest BCUT2D eigenvalue weighted by molar-refractivity contribution is 14.0. The van der Waals surface area contributed by atoms with Gasteiger partial charge in [-0.25, -0.2) is 0 Å². The third-order valence-electron chi connectivity index (χ3n) is 3.45. The number of hydrogen-bond donors (Lipinski definition) is 2. The lowest BCUT2D eigenvalue weighted by molar-refractivity contribution is 0.179. The van der Waals surface area contributed by atoms with Crippen LogP contribution in [0.5, 0.6) is 0 Å². The Balaban J connectivity index is 0.00000484. The molecule has 0 amide bonds. The minimum Gasteiger partial charge on any atom is -0.383 e. The summed E-state index contributed by atoms with van der Waals surface area (Å²) in [5, 5.41) is 6.65. The highest BCUT2D eigenvalue weighted by atomic mass is 127. The van der Waals surface area contributed by atoms with Gasteiger partial charge in [0, 0.05) is 45.5 Å².